The van der Waals surface area contributed by atoms with Crippen LogP contribution in [0.5, 0.6) is 0 Å². The normalized spacial score (nSPS) is 22.4. The number of phosphoric ester groups is 1. The Labute approximate surface area is 196 Å². The minimum Gasteiger partial charge on any atom is -0.387 e. The Hall–Kier alpha value is -3.03. The lowest BCUT2D eigenvalue weighted by molar-refractivity contribution is -0.0548. The molecule has 1 aromatic carbocycles. The average molecular weight is 509 g/mol. The third kappa shape index (κ3) is 5.31. The van der Waals surface area contributed by atoms with Crippen LogP contribution in [0.2, 0.25) is 0 Å². The van der Waals surface area contributed by atoms with Gasteiger partial charge in [0.1, 0.15) is 18.3 Å². The Morgan fingerprint density at radius 3 is 2.49 bits per heavy atom. The van der Waals surface area contributed by atoms with Crippen LogP contribution in [0.1, 0.15) is 11.9 Å². The average Bonchev–Trinajstić information content (AvgIpc) is 3.10. The Morgan fingerprint density at radius 2 is 1.80 bits per heavy atom. The molecule has 2 aromatic heterocycles. The van der Waals surface area contributed by atoms with Gasteiger partial charge in [-0.05, 0) is 11.6 Å². The molecule has 35 heavy (non-hydrogen) atoms. The second-order valence-corrected chi connectivity index (χ2v) is 8.99. The highest BCUT2D eigenvalue weighted by Crippen LogP contribution is 2.38. The van der Waals surface area contributed by atoms with E-state index in [4.69, 9.17) is 14.5 Å². The minimum absolute atomic E-state index is 0.177. The highest BCUT2D eigenvalue weighted by Gasteiger charge is 2.45. The molecule has 4 atom stereocenters. The number of rotatable bonds is 7. The van der Waals surface area contributed by atoms with Crippen molar-refractivity contribution in [3.63, 3.8) is 0 Å². The molecule has 3 heterocycles. The summed E-state index contributed by atoms with van der Waals surface area (Å²) in [6, 6.07) is 11.1. The SMILES string of the molecule is O=c1ccn([C@@H]2O[C@H](COP(=O)(O)O)C(O)C2O)c(=O)n1Cc1nccc(-c2ccccc2)c1F. The monoisotopic (exact) mass is 509 g/mol. The van der Waals surface area contributed by atoms with E-state index in [0.717, 1.165) is 16.8 Å². The van der Waals surface area contributed by atoms with Crippen LogP contribution in [0.4, 0.5) is 4.39 Å². The molecule has 1 saturated heterocycles. The van der Waals surface area contributed by atoms with Crippen LogP contribution >= 0.6 is 7.82 Å². The van der Waals surface area contributed by atoms with Crippen molar-refractivity contribution in [3.05, 3.63) is 87.2 Å². The molecule has 1 aliphatic heterocycles. The topological polar surface area (TPSA) is 173 Å². The molecular formula is C21H21FN3O9P. The van der Waals surface area contributed by atoms with Crippen LogP contribution in [-0.2, 0) is 20.4 Å². The standard InChI is InChI=1S/C21H21FN3O9P/c22-17-13(12-4-2-1-3-5-12)6-8-23-14(17)10-25-16(26)7-9-24(21(25)29)20-19(28)18(27)15(34-20)11-33-35(30,31)32/h1-9,15,18-20,27-28H,10-11H2,(H2,30,31,32)/t15-,18?,19?,20-/m1/s1. The third-order valence-corrected chi connectivity index (χ3v) is 5.95. The third-order valence-electron chi connectivity index (χ3n) is 5.47. The number of halogens is 1. The van der Waals surface area contributed by atoms with Crippen LogP contribution in [0.25, 0.3) is 11.1 Å². The van der Waals surface area contributed by atoms with Crippen LogP contribution in [-0.4, -0.2) is 59.0 Å². The van der Waals surface area contributed by atoms with E-state index < -0.39 is 62.6 Å². The summed E-state index contributed by atoms with van der Waals surface area (Å²) in [5.41, 5.74) is -1.13. The fourth-order valence-corrected chi connectivity index (χ4v) is 4.07. The first kappa shape index (κ1) is 25.1. The summed E-state index contributed by atoms with van der Waals surface area (Å²) in [6.07, 6.45) is -3.86. The van der Waals surface area contributed by atoms with Crippen molar-refractivity contribution in [2.75, 3.05) is 6.61 Å². The van der Waals surface area contributed by atoms with E-state index in [1.54, 1.807) is 30.3 Å². The number of hydrogen-bond donors (Lipinski definition) is 4. The maximum atomic E-state index is 15.2. The summed E-state index contributed by atoms with van der Waals surface area (Å²) in [4.78, 5) is 47.1. The Morgan fingerprint density at radius 1 is 1.09 bits per heavy atom. The number of pyridine rings is 1. The lowest BCUT2D eigenvalue weighted by atomic mass is 10.1. The van der Waals surface area contributed by atoms with Crippen molar-refractivity contribution in [2.24, 2.45) is 0 Å². The van der Waals surface area contributed by atoms with Gasteiger partial charge < -0.3 is 24.7 Å². The molecule has 4 rings (SSSR count). The van der Waals surface area contributed by atoms with Crippen molar-refractivity contribution in [1.82, 2.24) is 14.1 Å². The molecule has 4 N–H and O–H groups in total. The lowest BCUT2D eigenvalue weighted by Gasteiger charge is -2.19. The van der Waals surface area contributed by atoms with Crippen molar-refractivity contribution in [3.8, 4) is 11.1 Å². The van der Waals surface area contributed by atoms with Gasteiger partial charge in [0.25, 0.3) is 5.56 Å². The van der Waals surface area contributed by atoms with Gasteiger partial charge in [0.15, 0.2) is 12.0 Å². The van der Waals surface area contributed by atoms with Crippen molar-refractivity contribution < 1.29 is 38.2 Å². The highest BCUT2D eigenvalue weighted by atomic mass is 31.2. The van der Waals surface area contributed by atoms with E-state index in [-0.39, 0.29) is 11.3 Å². The maximum absolute atomic E-state index is 15.2. The number of aromatic nitrogens is 3. The second-order valence-electron chi connectivity index (χ2n) is 7.75. The molecule has 14 heteroatoms. The smallest absolute Gasteiger partial charge is 0.387 e. The predicted molar refractivity (Wildman–Crippen MR) is 118 cm³/mol. The quantitative estimate of drug-likeness (QED) is 0.317. The predicted octanol–water partition coefficient (Wildman–Crippen LogP) is -0.0121. The number of hydrogen-bond acceptors (Lipinski definition) is 8. The van der Waals surface area contributed by atoms with Gasteiger partial charge in [0.05, 0.1) is 18.8 Å². The van der Waals surface area contributed by atoms with Crippen molar-refractivity contribution in [1.29, 1.82) is 0 Å². The van der Waals surface area contributed by atoms with Crippen LogP contribution in [0, 0.1) is 5.82 Å². The van der Waals surface area contributed by atoms with Crippen LogP contribution in [0.3, 0.4) is 0 Å². The molecule has 0 saturated carbocycles. The van der Waals surface area contributed by atoms with E-state index >= 15 is 4.39 Å². The first-order chi connectivity index (χ1) is 16.6. The second kappa shape index (κ2) is 9.91. The molecular weight excluding hydrogens is 488 g/mol. The van der Waals surface area contributed by atoms with Crippen molar-refractivity contribution >= 4 is 7.82 Å². The first-order valence-electron chi connectivity index (χ1n) is 10.3. The largest absolute Gasteiger partial charge is 0.469 e. The molecule has 0 radical (unpaired) electrons. The van der Waals surface area contributed by atoms with Gasteiger partial charge in [-0.25, -0.2) is 13.8 Å². The van der Waals surface area contributed by atoms with E-state index in [9.17, 15) is 24.4 Å². The van der Waals surface area contributed by atoms with Gasteiger partial charge in [-0.3, -0.25) is 23.4 Å². The molecule has 3 aromatic rings. The summed E-state index contributed by atoms with van der Waals surface area (Å²) >= 11 is 0. The summed E-state index contributed by atoms with van der Waals surface area (Å²) in [7, 11) is -4.88. The molecule has 12 nitrogen and oxygen atoms in total. The van der Waals surface area contributed by atoms with Crippen molar-refractivity contribution in [2.45, 2.75) is 31.1 Å². The number of benzene rings is 1. The van der Waals surface area contributed by atoms with Crippen LogP contribution < -0.4 is 11.2 Å². The summed E-state index contributed by atoms with van der Waals surface area (Å²) < 4.78 is 37.3. The molecule has 1 aliphatic rings. The molecule has 1 fully saturated rings. The summed E-state index contributed by atoms with van der Waals surface area (Å²) in [5.74, 6) is -0.720. The zero-order valence-corrected chi connectivity index (χ0v) is 18.8. The van der Waals surface area contributed by atoms with Gasteiger partial charge in [0, 0.05) is 24.0 Å². The number of nitrogens with zero attached hydrogens (tertiary/aromatic N) is 3. The summed E-state index contributed by atoms with van der Waals surface area (Å²) in [5, 5.41) is 20.5. The molecule has 0 aliphatic carbocycles. The van der Waals surface area contributed by atoms with Gasteiger partial charge in [-0.1, -0.05) is 30.3 Å². The zero-order chi connectivity index (χ0) is 25.3. The van der Waals surface area contributed by atoms with Crippen LogP contribution in [0.15, 0.2) is 64.4 Å². The molecule has 0 amide bonds. The number of phosphoric acid groups is 1. The molecule has 186 valence electrons. The lowest BCUT2D eigenvalue weighted by Crippen LogP contribution is -2.43. The molecule has 2 unspecified atom stereocenters. The minimum atomic E-state index is -4.88. The Kier molecular flexibility index (Phi) is 7.10. The molecule has 0 bridgehead atoms. The maximum Gasteiger partial charge on any atom is 0.469 e. The first-order valence-corrected chi connectivity index (χ1v) is 11.8. The zero-order valence-electron chi connectivity index (χ0n) is 17.9. The van der Waals surface area contributed by atoms with Gasteiger partial charge in [-0.15, -0.1) is 0 Å². The van der Waals surface area contributed by atoms with E-state index in [2.05, 4.69) is 9.51 Å². The van der Waals surface area contributed by atoms with Gasteiger partial charge >= 0.3 is 13.5 Å². The highest BCUT2D eigenvalue weighted by molar-refractivity contribution is 7.46. The number of aliphatic hydroxyl groups excluding tert-OH is 2. The fraction of sp³-hybridized carbons (Fsp3) is 0.286. The van der Waals surface area contributed by atoms with E-state index in [1.165, 1.54) is 12.3 Å². The fourth-order valence-electron chi connectivity index (χ4n) is 3.73. The Balaban J connectivity index is 1.64. The van der Waals surface area contributed by atoms with Gasteiger partial charge in [0.2, 0.25) is 0 Å². The Bertz CT molecular complexity index is 1370. The van der Waals surface area contributed by atoms with Gasteiger partial charge in [-0.2, -0.15) is 0 Å². The summed E-state index contributed by atoms with van der Waals surface area (Å²) in [6.45, 7) is -1.30. The number of aliphatic hydroxyl groups is 2. The van der Waals surface area contributed by atoms with E-state index in [1.807, 2.05) is 0 Å². The molecule has 0 spiro atoms. The van der Waals surface area contributed by atoms with E-state index in [0.29, 0.717) is 10.1 Å². The number of ether oxygens (including phenoxy) is 1.